The Hall–Kier alpha value is -0.730. The van der Waals surface area contributed by atoms with Crippen LogP contribution in [0, 0.1) is 11.8 Å². The first kappa shape index (κ1) is 13.3. The first-order valence-corrected chi connectivity index (χ1v) is 7.81. The molecule has 0 spiro atoms. The summed E-state index contributed by atoms with van der Waals surface area (Å²) >= 11 is 6.39. The smallest absolute Gasteiger partial charge is 0.0459 e. The molecule has 1 saturated carbocycles. The van der Waals surface area contributed by atoms with Gasteiger partial charge in [0.05, 0.1) is 0 Å². The number of nitrogens with zero attached hydrogens (tertiary/aromatic N) is 1. The molecular formula is C16H23ClN2. The molecule has 2 fully saturated rings. The van der Waals surface area contributed by atoms with Crippen LogP contribution in [0.3, 0.4) is 0 Å². The summed E-state index contributed by atoms with van der Waals surface area (Å²) in [6.07, 6.45) is 5.10. The van der Waals surface area contributed by atoms with E-state index in [4.69, 9.17) is 17.3 Å². The molecule has 3 heteroatoms. The molecule has 0 radical (unpaired) electrons. The zero-order chi connectivity index (χ0) is 13.4. The van der Waals surface area contributed by atoms with Crippen molar-refractivity contribution in [1.82, 2.24) is 0 Å². The van der Waals surface area contributed by atoms with E-state index in [-0.39, 0.29) is 6.04 Å². The normalized spacial score (nSPS) is 27.6. The Morgan fingerprint density at radius 1 is 1.32 bits per heavy atom. The molecule has 0 amide bonds. The van der Waals surface area contributed by atoms with E-state index in [9.17, 15) is 0 Å². The molecule has 104 valence electrons. The summed E-state index contributed by atoms with van der Waals surface area (Å²) in [5.41, 5.74) is 8.53. The fraction of sp³-hybridized carbons (Fsp3) is 0.625. The van der Waals surface area contributed by atoms with Gasteiger partial charge < -0.3 is 10.6 Å². The molecule has 1 aliphatic carbocycles. The third-order valence-electron chi connectivity index (χ3n) is 4.69. The molecule has 1 heterocycles. The van der Waals surface area contributed by atoms with Gasteiger partial charge in [-0.1, -0.05) is 24.1 Å². The first-order chi connectivity index (χ1) is 9.15. The van der Waals surface area contributed by atoms with Crippen molar-refractivity contribution in [3.05, 3.63) is 28.8 Å². The zero-order valence-corrected chi connectivity index (χ0v) is 12.4. The van der Waals surface area contributed by atoms with Gasteiger partial charge in [-0.25, -0.2) is 0 Å². The molecule has 1 aromatic rings. The van der Waals surface area contributed by atoms with Gasteiger partial charge >= 0.3 is 0 Å². The Bertz CT molecular complexity index is 446. The molecule has 3 atom stereocenters. The molecule has 2 aliphatic rings. The van der Waals surface area contributed by atoms with E-state index >= 15 is 0 Å². The average molecular weight is 279 g/mol. The van der Waals surface area contributed by atoms with Crippen molar-refractivity contribution in [1.29, 1.82) is 0 Å². The predicted molar refractivity (Wildman–Crippen MR) is 81.8 cm³/mol. The van der Waals surface area contributed by atoms with Crippen molar-refractivity contribution in [2.24, 2.45) is 17.6 Å². The van der Waals surface area contributed by atoms with Crippen molar-refractivity contribution in [2.45, 2.75) is 38.6 Å². The fourth-order valence-electron chi connectivity index (χ4n) is 3.80. The summed E-state index contributed by atoms with van der Waals surface area (Å²) < 4.78 is 0. The third-order valence-corrected chi connectivity index (χ3v) is 5.04. The minimum absolute atomic E-state index is 0.153. The second-order valence-corrected chi connectivity index (χ2v) is 6.68. The second kappa shape index (κ2) is 5.34. The lowest BCUT2D eigenvalue weighted by atomic mass is 10.0. The third kappa shape index (κ3) is 2.61. The number of benzene rings is 1. The number of anilines is 1. The summed E-state index contributed by atoms with van der Waals surface area (Å²) in [4.78, 5) is 2.54. The second-order valence-electron chi connectivity index (χ2n) is 6.27. The highest BCUT2D eigenvalue weighted by Crippen LogP contribution is 2.41. The molecule has 1 saturated heterocycles. The van der Waals surface area contributed by atoms with E-state index < -0.39 is 0 Å². The molecule has 3 unspecified atom stereocenters. The molecule has 1 aliphatic heterocycles. The largest absolute Gasteiger partial charge is 0.371 e. The van der Waals surface area contributed by atoms with Crippen molar-refractivity contribution in [3.8, 4) is 0 Å². The first-order valence-electron chi connectivity index (χ1n) is 7.43. The van der Waals surface area contributed by atoms with Crippen LogP contribution in [-0.2, 0) is 6.42 Å². The molecule has 2 N–H and O–H groups in total. The summed E-state index contributed by atoms with van der Waals surface area (Å²) in [6.45, 7) is 4.46. The van der Waals surface area contributed by atoms with Gasteiger partial charge in [-0.2, -0.15) is 0 Å². The van der Waals surface area contributed by atoms with Gasteiger partial charge in [0.25, 0.3) is 0 Å². The minimum Gasteiger partial charge on any atom is -0.371 e. The Morgan fingerprint density at radius 3 is 2.63 bits per heavy atom. The number of fused-ring (bicyclic) bond motifs is 1. The molecule has 3 rings (SSSR count). The highest BCUT2D eigenvalue weighted by molar-refractivity contribution is 6.31. The van der Waals surface area contributed by atoms with Gasteiger partial charge in [0.1, 0.15) is 0 Å². The summed E-state index contributed by atoms with van der Waals surface area (Å²) in [5.74, 6) is 1.81. The monoisotopic (exact) mass is 278 g/mol. The topological polar surface area (TPSA) is 29.3 Å². The van der Waals surface area contributed by atoms with E-state index in [1.807, 2.05) is 13.0 Å². The van der Waals surface area contributed by atoms with E-state index in [1.165, 1.54) is 43.6 Å². The molecule has 0 bridgehead atoms. The maximum Gasteiger partial charge on any atom is 0.0459 e. The van der Waals surface area contributed by atoms with Crippen molar-refractivity contribution < 1.29 is 0 Å². The number of halogens is 1. The quantitative estimate of drug-likeness (QED) is 0.917. The van der Waals surface area contributed by atoms with Gasteiger partial charge in [-0.3, -0.25) is 0 Å². The molecule has 19 heavy (non-hydrogen) atoms. The lowest BCUT2D eigenvalue weighted by molar-refractivity contribution is 0.494. The Balaban J connectivity index is 1.86. The minimum atomic E-state index is 0.153. The van der Waals surface area contributed by atoms with E-state index in [1.54, 1.807) is 0 Å². The predicted octanol–water partition coefficient (Wildman–Crippen LogP) is 3.47. The van der Waals surface area contributed by atoms with Crippen LogP contribution in [0.15, 0.2) is 18.2 Å². The van der Waals surface area contributed by atoms with Crippen LogP contribution in [-0.4, -0.2) is 19.1 Å². The Labute approximate surface area is 120 Å². The number of hydrogen-bond acceptors (Lipinski definition) is 2. The Kier molecular flexibility index (Phi) is 3.72. The molecule has 2 nitrogen and oxygen atoms in total. The zero-order valence-electron chi connectivity index (χ0n) is 11.6. The number of rotatable bonds is 3. The van der Waals surface area contributed by atoms with E-state index in [0.29, 0.717) is 0 Å². The van der Waals surface area contributed by atoms with Crippen LogP contribution in [0.25, 0.3) is 0 Å². The molecule has 1 aromatic carbocycles. The Morgan fingerprint density at radius 2 is 2.00 bits per heavy atom. The van der Waals surface area contributed by atoms with Crippen LogP contribution in [0.4, 0.5) is 5.69 Å². The van der Waals surface area contributed by atoms with Gasteiger partial charge in [0.2, 0.25) is 0 Å². The van der Waals surface area contributed by atoms with Crippen LogP contribution >= 0.6 is 11.6 Å². The van der Waals surface area contributed by atoms with Crippen LogP contribution in [0.1, 0.15) is 31.7 Å². The maximum atomic E-state index is 6.39. The average Bonchev–Trinajstić information content (AvgIpc) is 2.91. The van der Waals surface area contributed by atoms with Crippen LogP contribution < -0.4 is 10.6 Å². The lowest BCUT2D eigenvalue weighted by Crippen LogP contribution is -2.25. The summed E-state index contributed by atoms with van der Waals surface area (Å²) in [6, 6.07) is 6.42. The fourth-order valence-corrected chi connectivity index (χ4v) is 4.05. The molecule has 0 aromatic heterocycles. The van der Waals surface area contributed by atoms with Gasteiger partial charge in [0, 0.05) is 29.8 Å². The maximum absolute atomic E-state index is 6.39. The van der Waals surface area contributed by atoms with Crippen molar-refractivity contribution in [3.63, 3.8) is 0 Å². The van der Waals surface area contributed by atoms with Crippen molar-refractivity contribution >= 4 is 17.3 Å². The van der Waals surface area contributed by atoms with Crippen LogP contribution in [0.5, 0.6) is 0 Å². The van der Waals surface area contributed by atoms with Crippen molar-refractivity contribution in [2.75, 3.05) is 18.0 Å². The standard InChI is InChI=1S/C16H23ClN2/c1-11(18)8-14-15(17)6-3-7-16(14)19-9-12-4-2-5-13(12)10-19/h3,6-7,11-13H,2,4-5,8-10,18H2,1H3. The highest BCUT2D eigenvalue weighted by atomic mass is 35.5. The number of nitrogens with two attached hydrogens (primary N) is 1. The van der Waals surface area contributed by atoms with E-state index in [0.717, 1.165) is 23.3 Å². The lowest BCUT2D eigenvalue weighted by Gasteiger charge is -2.24. The van der Waals surface area contributed by atoms with Gasteiger partial charge in [-0.05, 0) is 55.7 Å². The van der Waals surface area contributed by atoms with E-state index in [2.05, 4.69) is 17.0 Å². The highest BCUT2D eigenvalue weighted by Gasteiger charge is 2.36. The van der Waals surface area contributed by atoms with Crippen LogP contribution in [0.2, 0.25) is 5.02 Å². The van der Waals surface area contributed by atoms with Gasteiger partial charge in [-0.15, -0.1) is 0 Å². The van der Waals surface area contributed by atoms with Gasteiger partial charge in [0.15, 0.2) is 0 Å². The number of hydrogen-bond donors (Lipinski definition) is 1. The summed E-state index contributed by atoms with van der Waals surface area (Å²) in [5, 5.41) is 0.867. The summed E-state index contributed by atoms with van der Waals surface area (Å²) in [7, 11) is 0. The molecular weight excluding hydrogens is 256 g/mol. The SMILES string of the molecule is CC(N)Cc1c(Cl)cccc1N1CC2CCCC2C1.